The van der Waals surface area contributed by atoms with E-state index in [-0.39, 0.29) is 13.0 Å². The SMILES string of the molecule is Cc1cn([C@@H]2C[C@@H](C(=O)O)N(C(=O)OC(C)(C)C)C2)c(=O)[nH]c1=O. The minimum atomic E-state index is -1.17. The number of carbonyl (C=O) groups excluding carboxylic acids is 1. The predicted molar refractivity (Wildman–Crippen MR) is 84.1 cm³/mol. The summed E-state index contributed by atoms with van der Waals surface area (Å²) in [5.74, 6) is -1.17. The molecule has 1 aromatic rings. The fourth-order valence-corrected chi connectivity index (χ4v) is 2.63. The summed E-state index contributed by atoms with van der Waals surface area (Å²) in [6.07, 6.45) is 0.690. The summed E-state index contributed by atoms with van der Waals surface area (Å²) < 4.78 is 6.50. The highest BCUT2D eigenvalue weighted by Crippen LogP contribution is 2.28. The van der Waals surface area contributed by atoms with Gasteiger partial charge in [-0.25, -0.2) is 14.4 Å². The molecular weight excluding hydrogens is 318 g/mol. The minimum absolute atomic E-state index is 0.0112. The number of carboxylic acids is 1. The summed E-state index contributed by atoms with van der Waals surface area (Å²) in [4.78, 5) is 50.5. The third-order valence-electron chi connectivity index (χ3n) is 3.73. The molecule has 9 nitrogen and oxygen atoms in total. The first-order valence-electron chi connectivity index (χ1n) is 7.54. The number of aromatic nitrogens is 2. The highest BCUT2D eigenvalue weighted by molar-refractivity contribution is 5.81. The van der Waals surface area contributed by atoms with Gasteiger partial charge in [0.15, 0.2) is 0 Å². The Morgan fingerprint density at radius 1 is 1.33 bits per heavy atom. The molecular formula is C15H21N3O6. The standard InChI is InChI=1S/C15H21N3O6/c1-8-6-17(13(22)16-11(8)19)9-5-10(12(20)21)18(7-9)14(23)24-15(2,3)4/h6,9-10H,5,7H2,1-4H3,(H,20,21)(H,16,19,22)/t9-,10+/m1/s1. The molecule has 0 radical (unpaired) electrons. The van der Waals surface area contributed by atoms with Crippen LogP contribution in [0.4, 0.5) is 4.79 Å². The van der Waals surface area contributed by atoms with Crippen molar-refractivity contribution in [1.82, 2.24) is 14.5 Å². The van der Waals surface area contributed by atoms with E-state index < -0.39 is 41.0 Å². The van der Waals surface area contributed by atoms with Crippen LogP contribution in [0, 0.1) is 6.92 Å². The average molecular weight is 339 g/mol. The van der Waals surface area contributed by atoms with Gasteiger partial charge in [-0.3, -0.25) is 19.2 Å². The second-order valence-electron chi connectivity index (χ2n) is 6.85. The van der Waals surface area contributed by atoms with Crippen LogP contribution in [-0.2, 0) is 9.53 Å². The van der Waals surface area contributed by atoms with E-state index in [1.807, 2.05) is 0 Å². The first-order chi connectivity index (χ1) is 11.0. The molecule has 2 atom stereocenters. The Kier molecular flexibility index (Phi) is 4.54. The number of H-pyrrole nitrogens is 1. The topological polar surface area (TPSA) is 122 Å². The van der Waals surface area contributed by atoms with E-state index in [4.69, 9.17) is 4.74 Å². The lowest BCUT2D eigenvalue weighted by atomic mass is 10.1. The van der Waals surface area contributed by atoms with Gasteiger partial charge in [0.2, 0.25) is 0 Å². The van der Waals surface area contributed by atoms with Gasteiger partial charge in [-0.1, -0.05) is 0 Å². The van der Waals surface area contributed by atoms with Crippen LogP contribution in [0.15, 0.2) is 15.8 Å². The Hall–Kier alpha value is -2.58. The van der Waals surface area contributed by atoms with Crippen molar-refractivity contribution in [2.24, 2.45) is 0 Å². The number of hydrogen-bond acceptors (Lipinski definition) is 5. The third-order valence-corrected chi connectivity index (χ3v) is 3.73. The molecule has 0 bridgehead atoms. The Bertz CT molecular complexity index is 773. The Morgan fingerprint density at radius 2 is 1.96 bits per heavy atom. The number of aryl methyl sites for hydroxylation is 1. The molecule has 1 amide bonds. The van der Waals surface area contributed by atoms with Gasteiger partial charge >= 0.3 is 17.8 Å². The molecule has 2 N–H and O–H groups in total. The molecule has 1 saturated heterocycles. The maximum atomic E-state index is 12.3. The maximum Gasteiger partial charge on any atom is 0.411 e. The zero-order chi connectivity index (χ0) is 18.2. The Labute approximate surface area is 137 Å². The molecule has 0 unspecified atom stereocenters. The van der Waals surface area contributed by atoms with Gasteiger partial charge in [0, 0.05) is 24.7 Å². The summed E-state index contributed by atoms with van der Waals surface area (Å²) in [6.45, 7) is 6.61. The summed E-state index contributed by atoms with van der Waals surface area (Å²) in [5, 5.41) is 9.37. The van der Waals surface area contributed by atoms with Crippen LogP contribution in [0.1, 0.15) is 38.8 Å². The lowest BCUT2D eigenvalue weighted by molar-refractivity contribution is -0.142. The van der Waals surface area contributed by atoms with Gasteiger partial charge in [0.1, 0.15) is 11.6 Å². The summed E-state index contributed by atoms with van der Waals surface area (Å²) in [7, 11) is 0. The van der Waals surface area contributed by atoms with E-state index in [0.717, 1.165) is 4.90 Å². The number of nitrogens with zero attached hydrogens (tertiary/aromatic N) is 2. The average Bonchev–Trinajstić information content (AvgIpc) is 2.86. The molecule has 2 rings (SSSR count). The monoisotopic (exact) mass is 339 g/mol. The van der Waals surface area contributed by atoms with E-state index in [1.165, 1.54) is 10.8 Å². The molecule has 1 aliphatic heterocycles. The van der Waals surface area contributed by atoms with Crippen molar-refractivity contribution >= 4 is 12.1 Å². The number of aromatic amines is 1. The molecule has 9 heteroatoms. The van der Waals surface area contributed by atoms with E-state index in [2.05, 4.69) is 4.98 Å². The fraction of sp³-hybridized carbons (Fsp3) is 0.600. The number of hydrogen-bond donors (Lipinski definition) is 2. The van der Waals surface area contributed by atoms with Crippen LogP contribution in [0.25, 0.3) is 0 Å². The van der Waals surface area contributed by atoms with Crippen LogP contribution in [-0.4, -0.2) is 49.8 Å². The molecule has 1 aliphatic rings. The Morgan fingerprint density at radius 3 is 2.50 bits per heavy atom. The summed E-state index contributed by atoms with van der Waals surface area (Å²) >= 11 is 0. The van der Waals surface area contributed by atoms with Crippen molar-refractivity contribution in [3.05, 3.63) is 32.6 Å². The highest BCUT2D eigenvalue weighted by Gasteiger charge is 2.42. The number of carboxylic acid groups (broad SMARTS) is 1. The number of ether oxygens (including phenoxy) is 1. The van der Waals surface area contributed by atoms with Gasteiger partial charge in [0.05, 0.1) is 6.04 Å². The van der Waals surface area contributed by atoms with Gasteiger partial charge < -0.3 is 9.84 Å². The second kappa shape index (κ2) is 6.14. The van der Waals surface area contributed by atoms with Crippen LogP contribution in [0.2, 0.25) is 0 Å². The number of aliphatic carboxylic acids is 1. The van der Waals surface area contributed by atoms with E-state index in [0.29, 0.717) is 5.56 Å². The predicted octanol–water partition coefficient (Wildman–Crippen LogP) is 0.480. The van der Waals surface area contributed by atoms with E-state index in [1.54, 1.807) is 27.7 Å². The largest absolute Gasteiger partial charge is 0.480 e. The van der Waals surface area contributed by atoms with Crippen molar-refractivity contribution in [3.63, 3.8) is 0 Å². The van der Waals surface area contributed by atoms with Gasteiger partial charge in [-0.15, -0.1) is 0 Å². The first-order valence-corrected chi connectivity index (χ1v) is 7.54. The highest BCUT2D eigenvalue weighted by atomic mass is 16.6. The first kappa shape index (κ1) is 17.8. The number of rotatable bonds is 2. The smallest absolute Gasteiger partial charge is 0.411 e. The fourth-order valence-electron chi connectivity index (χ4n) is 2.63. The number of nitrogens with one attached hydrogen (secondary N) is 1. The molecule has 132 valence electrons. The minimum Gasteiger partial charge on any atom is -0.480 e. The normalized spacial score (nSPS) is 20.9. The molecule has 1 aromatic heterocycles. The van der Waals surface area contributed by atoms with Crippen LogP contribution < -0.4 is 11.2 Å². The molecule has 24 heavy (non-hydrogen) atoms. The molecule has 0 aliphatic carbocycles. The van der Waals surface area contributed by atoms with Crippen molar-refractivity contribution < 1.29 is 19.4 Å². The molecule has 0 saturated carbocycles. The summed E-state index contributed by atoms with van der Waals surface area (Å²) in [6, 6.07) is -1.65. The van der Waals surface area contributed by atoms with Gasteiger partial charge in [0.25, 0.3) is 5.56 Å². The van der Waals surface area contributed by atoms with Crippen molar-refractivity contribution in [1.29, 1.82) is 0 Å². The zero-order valence-corrected chi connectivity index (χ0v) is 14.0. The number of amides is 1. The number of carbonyl (C=O) groups is 2. The maximum absolute atomic E-state index is 12.3. The third kappa shape index (κ3) is 3.66. The van der Waals surface area contributed by atoms with Crippen molar-refractivity contribution in [2.45, 2.75) is 51.8 Å². The van der Waals surface area contributed by atoms with Crippen molar-refractivity contribution in [2.75, 3.05) is 6.54 Å². The van der Waals surface area contributed by atoms with Gasteiger partial charge in [-0.2, -0.15) is 0 Å². The quantitative estimate of drug-likeness (QED) is 0.808. The Balaban J connectivity index is 2.32. The van der Waals surface area contributed by atoms with Crippen LogP contribution in [0.3, 0.4) is 0 Å². The molecule has 1 fully saturated rings. The second-order valence-corrected chi connectivity index (χ2v) is 6.85. The molecule has 0 spiro atoms. The van der Waals surface area contributed by atoms with Crippen LogP contribution >= 0.6 is 0 Å². The zero-order valence-electron chi connectivity index (χ0n) is 14.0. The van der Waals surface area contributed by atoms with Crippen molar-refractivity contribution in [3.8, 4) is 0 Å². The van der Waals surface area contributed by atoms with Gasteiger partial charge in [-0.05, 0) is 27.7 Å². The molecule has 2 heterocycles. The molecule has 0 aromatic carbocycles. The van der Waals surface area contributed by atoms with E-state index in [9.17, 15) is 24.3 Å². The lowest BCUT2D eigenvalue weighted by Gasteiger charge is -2.26. The van der Waals surface area contributed by atoms with Crippen LogP contribution in [0.5, 0.6) is 0 Å². The lowest BCUT2D eigenvalue weighted by Crippen LogP contribution is -2.43. The summed E-state index contributed by atoms with van der Waals surface area (Å²) in [5.41, 5.74) is -1.56. The number of likely N-dealkylation sites (tertiary alicyclic amines) is 1. The van der Waals surface area contributed by atoms with E-state index >= 15 is 0 Å².